The summed E-state index contributed by atoms with van der Waals surface area (Å²) in [7, 11) is 0. The average Bonchev–Trinajstić information content (AvgIpc) is 2.38. The molecule has 0 aliphatic rings. The number of nitrogens with one attached hydrogen (secondary N) is 1. The van der Waals surface area contributed by atoms with E-state index in [1.807, 2.05) is 18.2 Å². The summed E-state index contributed by atoms with van der Waals surface area (Å²) in [6.45, 7) is 3.64. The highest BCUT2D eigenvalue weighted by molar-refractivity contribution is 7.99. The minimum absolute atomic E-state index is 0.221. The predicted octanol–water partition coefficient (Wildman–Crippen LogP) is 2.28. The van der Waals surface area contributed by atoms with Crippen LogP contribution in [-0.2, 0) is 6.54 Å². The van der Waals surface area contributed by atoms with Gasteiger partial charge in [-0.25, -0.2) is 0 Å². The number of hydrogen-bond donors (Lipinski definition) is 3. The lowest BCUT2D eigenvalue weighted by atomic mass is 10.2. The molecule has 0 saturated carbocycles. The van der Waals surface area contributed by atoms with Crippen molar-refractivity contribution in [1.82, 2.24) is 5.32 Å². The van der Waals surface area contributed by atoms with E-state index in [2.05, 4.69) is 12.2 Å². The molecule has 1 atom stereocenters. The normalized spacial score (nSPS) is 12.7. The third-order valence-electron chi connectivity index (χ3n) is 2.42. The molecule has 0 saturated heterocycles. The molecule has 1 unspecified atom stereocenters. The summed E-state index contributed by atoms with van der Waals surface area (Å²) in [5, 5.41) is 22.2. The van der Waals surface area contributed by atoms with Gasteiger partial charge in [-0.15, -0.1) is 11.8 Å². The molecule has 1 aromatic carbocycles. The van der Waals surface area contributed by atoms with Gasteiger partial charge in [0.2, 0.25) is 0 Å². The highest BCUT2D eigenvalue weighted by Gasteiger charge is 2.10. The first-order chi connectivity index (χ1) is 8.69. The highest BCUT2D eigenvalue weighted by atomic mass is 35.5. The molecule has 0 radical (unpaired) electrons. The first-order valence-electron chi connectivity index (χ1n) is 6.08. The standard InChI is InChI=1S/C13H20ClNO2S/c1-2-6-15-7-10-4-3-5-12(14)13(10)18-9-11(17)8-16/h3-5,11,15-17H,2,6-9H2,1H3. The van der Waals surface area contributed by atoms with Crippen molar-refractivity contribution >= 4 is 23.4 Å². The van der Waals surface area contributed by atoms with Crippen molar-refractivity contribution in [3.63, 3.8) is 0 Å². The molecular formula is C13H20ClNO2S. The number of aliphatic hydroxyl groups is 2. The molecule has 0 spiro atoms. The topological polar surface area (TPSA) is 52.5 Å². The summed E-state index contributed by atoms with van der Waals surface area (Å²) in [6, 6.07) is 5.80. The number of benzene rings is 1. The van der Waals surface area contributed by atoms with Crippen molar-refractivity contribution in [2.45, 2.75) is 30.9 Å². The van der Waals surface area contributed by atoms with Crippen LogP contribution in [0.4, 0.5) is 0 Å². The van der Waals surface area contributed by atoms with E-state index < -0.39 is 6.10 Å². The second-order valence-corrected chi connectivity index (χ2v) is 5.49. The van der Waals surface area contributed by atoms with E-state index in [9.17, 15) is 5.11 Å². The first kappa shape index (κ1) is 15.8. The second-order valence-electron chi connectivity index (χ2n) is 4.05. The van der Waals surface area contributed by atoms with Crippen molar-refractivity contribution in [2.24, 2.45) is 0 Å². The van der Waals surface area contributed by atoms with Crippen LogP contribution in [0.3, 0.4) is 0 Å². The molecule has 0 amide bonds. The lowest BCUT2D eigenvalue weighted by Gasteiger charge is -2.13. The van der Waals surface area contributed by atoms with Gasteiger partial charge in [-0.2, -0.15) is 0 Å². The van der Waals surface area contributed by atoms with Gasteiger partial charge in [-0.1, -0.05) is 30.7 Å². The Morgan fingerprint density at radius 1 is 1.44 bits per heavy atom. The van der Waals surface area contributed by atoms with Crippen LogP contribution in [0, 0.1) is 0 Å². The molecular weight excluding hydrogens is 270 g/mol. The van der Waals surface area contributed by atoms with Crippen LogP contribution in [0.5, 0.6) is 0 Å². The summed E-state index contributed by atoms with van der Waals surface area (Å²) in [5.41, 5.74) is 1.13. The van der Waals surface area contributed by atoms with Crippen LogP contribution in [-0.4, -0.2) is 35.2 Å². The number of halogens is 1. The van der Waals surface area contributed by atoms with Gasteiger partial charge < -0.3 is 15.5 Å². The third-order valence-corrected chi connectivity index (χ3v) is 4.17. The minimum atomic E-state index is -0.706. The molecule has 0 heterocycles. The maximum absolute atomic E-state index is 9.39. The molecule has 0 fully saturated rings. The first-order valence-corrected chi connectivity index (χ1v) is 7.45. The van der Waals surface area contributed by atoms with E-state index in [1.165, 1.54) is 11.8 Å². The van der Waals surface area contributed by atoms with Gasteiger partial charge in [0, 0.05) is 17.2 Å². The van der Waals surface area contributed by atoms with Crippen molar-refractivity contribution in [2.75, 3.05) is 18.9 Å². The van der Waals surface area contributed by atoms with E-state index in [-0.39, 0.29) is 6.61 Å². The Bertz CT molecular complexity index is 363. The van der Waals surface area contributed by atoms with Crippen molar-refractivity contribution in [1.29, 1.82) is 0 Å². The largest absolute Gasteiger partial charge is 0.394 e. The predicted molar refractivity (Wildman–Crippen MR) is 77.3 cm³/mol. The smallest absolute Gasteiger partial charge is 0.0864 e. The van der Waals surface area contributed by atoms with Crippen LogP contribution >= 0.6 is 23.4 Å². The number of aliphatic hydroxyl groups excluding tert-OH is 2. The molecule has 18 heavy (non-hydrogen) atoms. The van der Waals surface area contributed by atoms with Gasteiger partial charge >= 0.3 is 0 Å². The van der Waals surface area contributed by atoms with Gasteiger partial charge in [0.1, 0.15) is 0 Å². The van der Waals surface area contributed by atoms with Gasteiger partial charge in [-0.05, 0) is 24.6 Å². The summed E-state index contributed by atoms with van der Waals surface area (Å²) in [6.07, 6.45) is 0.384. The molecule has 1 aromatic rings. The quantitative estimate of drug-likeness (QED) is 0.508. The molecule has 0 bridgehead atoms. The lowest BCUT2D eigenvalue weighted by molar-refractivity contribution is 0.113. The van der Waals surface area contributed by atoms with Crippen molar-refractivity contribution < 1.29 is 10.2 Å². The SMILES string of the molecule is CCCNCc1cccc(Cl)c1SCC(O)CO. The van der Waals surface area contributed by atoms with E-state index in [0.717, 1.165) is 30.0 Å². The zero-order chi connectivity index (χ0) is 13.4. The maximum atomic E-state index is 9.39. The Labute approximate surface area is 118 Å². The Morgan fingerprint density at radius 2 is 2.22 bits per heavy atom. The lowest BCUT2D eigenvalue weighted by Crippen LogP contribution is -2.16. The van der Waals surface area contributed by atoms with Crippen LogP contribution in [0.25, 0.3) is 0 Å². The summed E-state index contributed by atoms with van der Waals surface area (Å²) < 4.78 is 0. The van der Waals surface area contributed by atoms with E-state index in [4.69, 9.17) is 16.7 Å². The summed E-state index contributed by atoms with van der Waals surface area (Å²) >= 11 is 7.66. The minimum Gasteiger partial charge on any atom is -0.394 e. The van der Waals surface area contributed by atoms with E-state index in [1.54, 1.807) is 0 Å². The zero-order valence-corrected chi connectivity index (χ0v) is 12.1. The summed E-state index contributed by atoms with van der Waals surface area (Å²) in [4.78, 5) is 0.982. The third kappa shape index (κ3) is 5.16. The van der Waals surface area contributed by atoms with Gasteiger partial charge in [0.15, 0.2) is 0 Å². The summed E-state index contributed by atoms with van der Waals surface area (Å²) in [5.74, 6) is 0.445. The van der Waals surface area contributed by atoms with Crippen molar-refractivity contribution in [3.05, 3.63) is 28.8 Å². The highest BCUT2D eigenvalue weighted by Crippen LogP contribution is 2.31. The monoisotopic (exact) mass is 289 g/mol. The molecule has 3 N–H and O–H groups in total. The fourth-order valence-electron chi connectivity index (χ4n) is 1.49. The molecule has 0 aliphatic carbocycles. The molecule has 5 heteroatoms. The molecule has 102 valence electrons. The maximum Gasteiger partial charge on any atom is 0.0864 e. The molecule has 1 rings (SSSR count). The molecule has 0 aromatic heterocycles. The van der Waals surface area contributed by atoms with E-state index in [0.29, 0.717) is 10.8 Å². The number of hydrogen-bond acceptors (Lipinski definition) is 4. The Morgan fingerprint density at radius 3 is 2.89 bits per heavy atom. The van der Waals surface area contributed by atoms with Crippen LogP contribution in [0.1, 0.15) is 18.9 Å². The number of rotatable bonds is 8. The van der Waals surface area contributed by atoms with Crippen LogP contribution < -0.4 is 5.32 Å². The fraction of sp³-hybridized carbons (Fsp3) is 0.538. The molecule has 0 aliphatic heterocycles. The van der Waals surface area contributed by atoms with Gasteiger partial charge in [0.05, 0.1) is 17.7 Å². The van der Waals surface area contributed by atoms with Crippen LogP contribution in [0.2, 0.25) is 5.02 Å². The second kappa shape index (κ2) is 8.77. The van der Waals surface area contributed by atoms with Gasteiger partial charge in [-0.3, -0.25) is 0 Å². The van der Waals surface area contributed by atoms with Crippen molar-refractivity contribution in [3.8, 4) is 0 Å². The fourth-order valence-corrected chi connectivity index (χ4v) is 2.84. The average molecular weight is 290 g/mol. The Balaban J connectivity index is 2.67. The zero-order valence-electron chi connectivity index (χ0n) is 10.5. The van der Waals surface area contributed by atoms with Gasteiger partial charge in [0.25, 0.3) is 0 Å². The number of thioether (sulfide) groups is 1. The Kier molecular flexibility index (Phi) is 7.70. The Hall–Kier alpha value is -0.260. The molecule has 3 nitrogen and oxygen atoms in total. The van der Waals surface area contributed by atoms with Crippen LogP contribution in [0.15, 0.2) is 23.1 Å². The van der Waals surface area contributed by atoms with E-state index >= 15 is 0 Å².